The van der Waals surface area contributed by atoms with Gasteiger partial charge in [-0.05, 0) is 50.1 Å². The van der Waals surface area contributed by atoms with Crippen molar-refractivity contribution in [3.63, 3.8) is 0 Å². The smallest absolute Gasteiger partial charge is 0.206 e. The second-order valence-electron chi connectivity index (χ2n) is 6.81. The highest BCUT2D eigenvalue weighted by molar-refractivity contribution is 7.15. The van der Waals surface area contributed by atoms with E-state index < -0.39 is 0 Å². The number of aromatic nitrogens is 4. The lowest BCUT2D eigenvalue weighted by atomic mass is 10.2. The van der Waals surface area contributed by atoms with Gasteiger partial charge < -0.3 is 15.6 Å². The van der Waals surface area contributed by atoms with E-state index in [1.807, 2.05) is 66.7 Å². The Morgan fingerprint density at radius 2 is 1.73 bits per heavy atom. The first-order chi connectivity index (χ1) is 16.0. The number of nitrogens with one attached hydrogen (secondary N) is 3. The van der Waals surface area contributed by atoms with Crippen LogP contribution in [0.3, 0.4) is 0 Å². The summed E-state index contributed by atoms with van der Waals surface area (Å²) in [6.07, 6.45) is 3.54. The standard InChI is InChI=1S/C21H21FN6S.2C2H6/c1-12-4-6-17(16(22)8-12)23-9-15-5-7-19(24-10-15)28-21-25-11-18(27-21)20-13(2)26-14(3)29-20;2*1-2/h4-8,10-11,23H,9H2,1-3H3,(H2,24,25,27,28);2*1-2H3. The Hall–Kier alpha value is -3.26. The van der Waals surface area contributed by atoms with Crippen LogP contribution in [0.2, 0.25) is 0 Å². The number of H-pyrrole nitrogens is 1. The van der Waals surface area contributed by atoms with Crippen LogP contribution in [0.15, 0.2) is 42.7 Å². The van der Waals surface area contributed by atoms with Gasteiger partial charge in [0.05, 0.1) is 33.2 Å². The molecule has 6 nitrogen and oxygen atoms in total. The monoisotopic (exact) mass is 468 g/mol. The molecule has 0 unspecified atom stereocenters. The first-order valence-electron chi connectivity index (χ1n) is 11.2. The van der Waals surface area contributed by atoms with Gasteiger partial charge in [-0.1, -0.05) is 39.8 Å². The van der Waals surface area contributed by atoms with E-state index >= 15 is 0 Å². The quantitative estimate of drug-likeness (QED) is 0.275. The summed E-state index contributed by atoms with van der Waals surface area (Å²) in [4.78, 5) is 17.6. The summed E-state index contributed by atoms with van der Waals surface area (Å²) in [7, 11) is 0. The topological polar surface area (TPSA) is 78.5 Å². The highest BCUT2D eigenvalue weighted by Gasteiger charge is 2.11. The third-order valence-corrected chi connectivity index (χ3v) is 5.51. The lowest BCUT2D eigenvalue weighted by molar-refractivity contribution is 0.629. The zero-order valence-electron chi connectivity index (χ0n) is 20.4. The van der Waals surface area contributed by atoms with Crippen LogP contribution in [0.25, 0.3) is 10.6 Å². The number of hydrogen-bond acceptors (Lipinski definition) is 6. The van der Waals surface area contributed by atoms with Crippen molar-refractivity contribution in [1.29, 1.82) is 0 Å². The number of hydrogen-bond donors (Lipinski definition) is 3. The molecule has 0 aliphatic rings. The molecule has 0 bridgehead atoms. The molecule has 0 atom stereocenters. The van der Waals surface area contributed by atoms with Crippen LogP contribution in [0.4, 0.5) is 21.8 Å². The van der Waals surface area contributed by atoms with Gasteiger partial charge in [0.1, 0.15) is 11.6 Å². The number of halogens is 1. The van der Waals surface area contributed by atoms with Crippen molar-refractivity contribution in [1.82, 2.24) is 19.9 Å². The number of aromatic amines is 1. The molecule has 0 fully saturated rings. The minimum absolute atomic E-state index is 0.253. The fourth-order valence-electron chi connectivity index (χ4n) is 2.97. The maximum Gasteiger partial charge on any atom is 0.206 e. The van der Waals surface area contributed by atoms with E-state index in [4.69, 9.17) is 0 Å². The van der Waals surface area contributed by atoms with Crippen molar-refractivity contribution < 1.29 is 4.39 Å². The second kappa shape index (κ2) is 12.7. The number of nitrogens with zero attached hydrogens (tertiary/aromatic N) is 3. The van der Waals surface area contributed by atoms with Crippen molar-refractivity contribution in [3.8, 4) is 10.6 Å². The van der Waals surface area contributed by atoms with Gasteiger partial charge in [-0.15, -0.1) is 11.3 Å². The highest BCUT2D eigenvalue weighted by atomic mass is 32.1. The molecule has 0 saturated heterocycles. The number of aryl methyl sites for hydroxylation is 3. The lowest BCUT2D eigenvalue weighted by Gasteiger charge is -2.09. The summed E-state index contributed by atoms with van der Waals surface area (Å²) < 4.78 is 13.9. The number of benzene rings is 1. The molecule has 8 heteroatoms. The Labute approximate surface area is 199 Å². The van der Waals surface area contributed by atoms with Gasteiger partial charge >= 0.3 is 0 Å². The normalized spacial score (nSPS) is 9.94. The summed E-state index contributed by atoms with van der Waals surface area (Å²) in [5, 5.41) is 7.28. The van der Waals surface area contributed by atoms with Gasteiger partial charge in [0.2, 0.25) is 5.95 Å². The highest BCUT2D eigenvalue weighted by Crippen LogP contribution is 2.29. The van der Waals surface area contributed by atoms with Gasteiger partial charge in [0, 0.05) is 12.7 Å². The van der Waals surface area contributed by atoms with Crippen LogP contribution in [-0.2, 0) is 6.54 Å². The van der Waals surface area contributed by atoms with Gasteiger partial charge in [-0.25, -0.2) is 19.3 Å². The van der Waals surface area contributed by atoms with E-state index in [0.29, 0.717) is 24.0 Å². The maximum atomic E-state index is 13.9. The van der Waals surface area contributed by atoms with Crippen molar-refractivity contribution in [2.45, 2.75) is 55.0 Å². The van der Waals surface area contributed by atoms with E-state index in [0.717, 1.165) is 32.4 Å². The second-order valence-corrected chi connectivity index (χ2v) is 8.01. The molecule has 0 aliphatic carbocycles. The molecule has 0 radical (unpaired) electrons. The van der Waals surface area contributed by atoms with Crippen molar-refractivity contribution in [2.75, 3.05) is 10.6 Å². The van der Waals surface area contributed by atoms with Crippen LogP contribution < -0.4 is 10.6 Å². The first-order valence-corrected chi connectivity index (χ1v) is 12.0. The van der Waals surface area contributed by atoms with E-state index in [2.05, 4.69) is 30.6 Å². The molecule has 0 spiro atoms. The van der Waals surface area contributed by atoms with Crippen LogP contribution >= 0.6 is 11.3 Å². The van der Waals surface area contributed by atoms with E-state index in [1.54, 1.807) is 29.8 Å². The first kappa shape index (κ1) is 26.0. The molecule has 0 aliphatic heterocycles. The summed E-state index contributed by atoms with van der Waals surface area (Å²) in [6, 6.07) is 8.94. The number of pyridine rings is 1. The molecule has 0 saturated carbocycles. The van der Waals surface area contributed by atoms with Crippen molar-refractivity contribution in [2.24, 2.45) is 0 Å². The Morgan fingerprint density at radius 3 is 2.33 bits per heavy atom. The summed E-state index contributed by atoms with van der Waals surface area (Å²) in [6.45, 7) is 14.3. The molecular weight excluding hydrogens is 435 g/mol. The largest absolute Gasteiger partial charge is 0.379 e. The van der Waals surface area contributed by atoms with Crippen LogP contribution in [0.5, 0.6) is 0 Å². The van der Waals surface area contributed by atoms with E-state index in [9.17, 15) is 4.39 Å². The fourth-order valence-corrected chi connectivity index (χ4v) is 3.85. The third kappa shape index (κ3) is 7.12. The van der Waals surface area contributed by atoms with Crippen LogP contribution in [0, 0.1) is 26.6 Å². The van der Waals surface area contributed by atoms with E-state index in [-0.39, 0.29) is 5.82 Å². The zero-order valence-corrected chi connectivity index (χ0v) is 21.2. The van der Waals surface area contributed by atoms with Gasteiger partial charge in [-0.3, -0.25) is 0 Å². The van der Waals surface area contributed by atoms with Gasteiger partial charge in [0.25, 0.3) is 0 Å². The Balaban J connectivity index is 0.000000914. The maximum absolute atomic E-state index is 13.9. The van der Waals surface area contributed by atoms with Crippen LogP contribution in [0.1, 0.15) is 49.5 Å². The SMILES string of the molecule is CC.CC.Cc1ccc(NCc2ccc(Nc3ncc(-c4sc(C)nc4C)[nH]3)nc2)c(F)c1. The predicted molar refractivity (Wildman–Crippen MR) is 138 cm³/mol. The molecule has 0 amide bonds. The molecule has 3 heterocycles. The number of rotatable bonds is 6. The number of thiazole rings is 1. The van der Waals surface area contributed by atoms with Crippen molar-refractivity contribution in [3.05, 3.63) is 70.4 Å². The molecule has 176 valence electrons. The Kier molecular flexibility index (Phi) is 10.00. The minimum Gasteiger partial charge on any atom is -0.379 e. The summed E-state index contributed by atoms with van der Waals surface area (Å²) in [5.41, 5.74) is 4.24. The minimum atomic E-state index is -0.253. The zero-order chi connectivity index (χ0) is 24.4. The fraction of sp³-hybridized carbons (Fsp3) is 0.320. The average molecular weight is 469 g/mol. The average Bonchev–Trinajstić information content (AvgIpc) is 3.42. The predicted octanol–water partition coefficient (Wildman–Crippen LogP) is 7.40. The van der Waals surface area contributed by atoms with Crippen LogP contribution in [-0.4, -0.2) is 19.9 Å². The molecule has 3 N–H and O–H groups in total. The number of anilines is 3. The number of imidazole rings is 1. The molecule has 4 rings (SSSR count). The van der Waals surface area contributed by atoms with Crippen molar-refractivity contribution >= 4 is 28.8 Å². The summed E-state index contributed by atoms with van der Waals surface area (Å²) in [5.74, 6) is 1.04. The molecule has 3 aromatic heterocycles. The molecular formula is C25H33FN6S. The molecule has 4 aromatic rings. The lowest BCUT2D eigenvalue weighted by Crippen LogP contribution is -2.03. The molecule has 1 aromatic carbocycles. The van der Waals surface area contributed by atoms with E-state index in [1.165, 1.54) is 6.07 Å². The molecule has 33 heavy (non-hydrogen) atoms. The summed E-state index contributed by atoms with van der Waals surface area (Å²) >= 11 is 1.63. The van der Waals surface area contributed by atoms with Gasteiger partial charge in [-0.2, -0.15) is 0 Å². The Bertz CT molecular complexity index is 1130. The Morgan fingerprint density at radius 1 is 0.970 bits per heavy atom. The van der Waals surface area contributed by atoms with Gasteiger partial charge in [0.15, 0.2) is 0 Å². The third-order valence-electron chi connectivity index (χ3n) is 4.40.